The highest BCUT2D eigenvalue weighted by Gasteiger charge is 2.27. The molecule has 1 aromatic carbocycles. The van der Waals surface area contributed by atoms with Crippen molar-refractivity contribution < 1.29 is 5.11 Å². The highest BCUT2D eigenvalue weighted by atomic mass is 16.3. The third-order valence-electron chi connectivity index (χ3n) is 4.06. The van der Waals surface area contributed by atoms with E-state index < -0.39 is 5.60 Å². The second-order valence-electron chi connectivity index (χ2n) is 5.85. The summed E-state index contributed by atoms with van der Waals surface area (Å²) < 4.78 is 0. The van der Waals surface area contributed by atoms with Gasteiger partial charge >= 0.3 is 0 Å². The van der Waals surface area contributed by atoms with Crippen LogP contribution in [-0.4, -0.2) is 10.7 Å². The Kier molecular flexibility index (Phi) is 4.81. The molecule has 104 valence electrons. The number of benzene rings is 1. The Morgan fingerprint density at radius 3 is 2.68 bits per heavy atom. The zero-order chi connectivity index (χ0) is 13.7. The molecule has 1 heteroatoms. The van der Waals surface area contributed by atoms with Crippen molar-refractivity contribution in [2.75, 3.05) is 0 Å². The fraction of sp³-hybridized carbons (Fsp3) is 0.556. The summed E-state index contributed by atoms with van der Waals surface area (Å²) in [6.07, 6.45) is 11.6. The second-order valence-corrected chi connectivity index (χ2v) is 5.85. The molecule has 1 N–H and O–H groups in total. The second kappa shape index (κ2) is 6.38. The Morgan fingerprint density at radius 1 is 1.16 bits per heavy atom. The van der Waals surface area contributed by atoms with E-state index in [0.29, 0.717) is 0 Å². The van der Waals surface area contributed by atoms with Crippen LogP contribution >= 0.6 is 0 Å². The fourth-order valence-electron chi connectivity index (χ4n) is 2.79. The van der Waals surface area contributed by atoms with E-state index in [0.717, 1.165) is 32.1 Å². The Bertz CT molecular complexity index is 447. The van der Waals surface area contributed by atoms with E-state index in [4.69, 9.17) is 0 Å². The molecule has 0 saturated heterocycles. The van der Waals surface area contributed by atoms with Crippen molar-refractivity contribution in [1.29, 1.82) is 0 Å². The molecule has 1 atom stereocenters. The molecule has 0 bridgehead atoms. The van der Waals surface area contributed by atoms with Gasteiger partial charge in [0.25, 0.3) is 0 Å². The number of rotatable bonds is 6. The molecule has 1 unspecified atom stereocenters. The number of aliphatic hydroxyl groups is 1. The summed E-state index contributed by atoms with van der Waals surface area (Å²) in [5.74, 6) is 0. The highest BCUT2D eigenvalue weighted by molar-refractivity contribution is 5.59. The van der Waals surface area contributed by atoms with Crippen LogP contribution in [-0.2, 0) is 12.8 Å². The van der Waals surface area contributed by atoms with Gasteiger partial charge in [-0.2, -0.15) is 0 Å². The molecule has 2 rings (SSSR count). The monoisotopic (exact) mass is 258 g/mol. The normalized spacial score (nSPS) is 21.4. The molecular formula is C18H26O. The number of hydrogen-bond donors (Lipinski definition) is 1. The maximum atomic E-state index is 10.6. The van der Waals surface area contributed by atoms with Crippen LogP contribution in [0.4, 0.5) is 0 Å². The summed E-state index contributed by atoms with van der Waals surface area (Å²) in [5.41, 5.74) is 3.40. The van der Waals surface area contributed by atoms with E-state index in [1.165, 1.54) is 29.5 Å². The van der Waals surface area contributed by atoms with Crippen LogP contribution in [0.1, 0.15) is 62.6 Å². The molecule has 19 heavy (non-hydrogen) atoms. The molecule has 0 radical (unpaired) electrons. The summed E-state index contributed by atoms with van der Waals surface area (Å²) in [6.45, 7) is 4.40. The summed E-state index contributed by atoms with van der Waals surface area (Å²) in [4.78, 5) is 0. The average Bonchev–Trinajstić information content (AvgIpc) is 2.43. The van der Waals surface area contributed by atoms with E-state index in [1.807, 2.05) is 6.08 Å². The average molecular weight is 258 g/mol. The molecule has 0 spiro atoms. The summed E-state index contributed by atoms with van der Waals surface area (Å²) in [5, 5.41) is 10.6. The molecule has 0 aromatic heterocycles. The van der Waals surface area contributed by atoms with Gasteiger partial charge in [-0.25, -0.2) is 0 Å². The zero-order valence-corrected chi connectivity index (χ0v) is 12.3. The number of aryl methyl sites for hydroxylation is 1. The van der Waals surface area contributed by atoms with Gasteiger partial charge < -0.3 is 5.11 Å². The predicted octanol–water partition coefficient (Wildman–Crippen LogP) is 4.52. The highest BCUT2D eigenvalue weighted by Crippen LogP contribution is 2.30. The van der Waals surface area contributed by atoms with E-state index in [2.05, 4.69) is 38.1 Å². The molecule has 1 aliphatic rings. The van der Waals surface area contributed by atoms with Gasteiger partial charge in [0.05, 0.1) is 5.60 Å². The van der Waals surface area contributed by atoms with Crippen molar-refractivity contribution in [2.45, 2.75) is 64.4 Å². The number of fused-ring (bicyclic) bond motifs is 1. The van der Waals surface area contributed by atoms with E-state index in [9.17, 15) is 5.11 Å². The Morgan fingerprint density at radius 2 is 1.95 bits per heavy atom. The van der Waals surface area contributed by atoms with Gasteiger partial charge in [-0.3, -0.25) is 0 Å². The Balaban J connectivity index is 2.10. The topological polar surface area (TPSA) is 20.2 Å². The maximum absolute atomic E-state index is 10.6. The minimum Gasteiger partial charge on any atom is -0.385 e. The third kappa shape index (κ3) is 3.70. The lowest BCUT2D eigenvalue weighted by Crippen LogP contribution is -2.31. The van der Waals surface area contributed by atoms with Crippen LogP contribution in [0, 0.1) is 0 Å². The molecular weight excluding hydrogens is 232 g/mol. The van der Waals surface area contributed by atoms with Crippen LogP contribution in [0.15, 0.2) is 24.3 Å². The standard InChI is InChI=1S/C18H26O/c1-3-5-7-15-8-9-17-14-18(19,11-6-4-2)12-10-16(17)13-15/h8-10,12-13,19H,3-7,11,14H2,1-2H3. The third-order valence-corrected chi connectivity index (χ3v) is 4.06. The lowest BCUT2D eigenvalue weighted by atomic mass is 9.82. The first-order chi connectivity index (χ1) is 9.17. The lowest BCUT2D eigenvalue weighted by molar-refractivity contribution is 0.0788. The van der Waals surface area contributed by atoms with Crippen molar-refractivity contribution in [3.05, 3.63) is 41.0 Å². The quantitative estimate of drug-likeness (QED) is 0.795. The molecule has 1 aromatic rings. The summed E-state index contributed by atoms with van der Waals surface area (Å²) in [6, 6.07) is 6.73. The van der Waals surface area contributed by atoms with Gasteiger partial charge in [-0.05, 0) is 36.0 Å². The summed E-state index contributed by atoms with van der Waals surface area (Å²) >= 11 is 0. The first-order valence-electron chi connectivity index (χ1n) is 7.70. The zero-order valence-electron chi connectivity index (χ0n) is 12.3. The lowest BCUT2D eigenvalue weighted by Gasteiger charge is -2.29. The predicted molar refractivity (Wildman–Crippen MR) is 82.3 cm³/mol. The molecule has 0 amide bonds. The fourth-order valence-corrected chi connectivity index (χ4v) is 2.79. The van der Waals surface area contributed by atoms with E-state index in [1.54, 1.807) is 0 Å². The van der Waals surface area contributed by atoms with Crippen LogP contribution in [0.25, 0.3) is 6.08 Å². The minimum absolute atomic E-state index is 0.617. The minimum atomic E-state index is -0.617. The van der Waals surface area contributed by atoms with Gasteiger partial charge in [-0.1, -0.05) is 63.5 Å². The number of unbranched alkanes of at least 4 members (excludes halogenated alkanes) is 2. The first-order valence-corrected chi connectivity index (χ1v) is 7.70. The van der Waals surface area contributed by atoms with Gasteiger partial charge in [-0.15, -0.1) is 0 Å². The molecule has 1 aliphatic carbocycles. The van der Waals surface area contributed by atoms with Gasteiger partial charge in [0.1, 0.15) is 0 Å². The molecule has 0 aliphatic heterocycles. The molecule has 0 saturated carbocycles. The Hall–Kier alpha value is -1.08. The van der Waals surface area contributed by atoms with Crippen LogP contribution in [0.5, 0.6) is 0 Å². The van der Waals surface area contributed by atoms with Crippen LogP contribution in [0.3, 0.4) is 0 Å². The van der Waals surface area contributed by atoms with E-state index in [-0.39, 0.29) is 0 Å². The number of hydrogen-bond acceptors (Lipinski definition) is 1. The molecule has 1 nitrogen and oxygen atoms in total. The first kappa shape index (κ1) is 14.3. The van der Waals surface area contributed by atoms with Crippen molar-refractivity contribution in [3.8, 4) is 0 Å². The Labute approximate surface area is 117 Å². The largest absolute Gasteiger partial charge is 0.385 e. The van der Waals surface area contributed by atoms with E-state index >= 15 is 0 Å². The van der Waals surface area contributed by atoms with Gasteiger partial charge in [0, 0.05) is 6.42 Å². The van der Waals surface area contributed by atoms with Gasteiger partial charge in [0.2, 0.25) is 0 Å². The molecule has 0 fully saturated rings. The van der Waals surface area contributed by atoms with Crippen molar-refractivity contribution in [2.24, 2.45) is 0 Å². The smallest absolute Gasteiger partial charge is 0.0871 e. The SMILES string of the molecule is CCCCc1ccc2c(c1)C=CC(O)(CCCC)C2. The molecule has 0 heterocycles. The van der Waals surface area contributed by atoms with Crippen molar-refractivity contribution in [3.63, 3.8) is 0 Å². The van der Waals surface area contributed by atoms with Crippen molar-refractivity contribution >= 4 is 6.08 Å². The van der Waals surface area contributed by atoms with Gasteiger partial charge in [0.15, 0.2) is 0 Å². The van der Waals surface area contributed by atoms with Crippen LogP contribution in [0.2, 0.25) is 0 Å². The van der Waals surface area contributed by atoms with Crippen LogP contribution < -0.4 is 0 Å². The summed E-state index contributed by atoms with van der Waals surface area (Å²) in [7, 11) is 0. The maximum Gasteiger partial charge on any atom is 0.0871 e. The van der Waals surface area contributed by atoms with Crippen molar-refractivity contribution in [1.82, 2.24) is 0 Å².